The standard InChI is InChI=1S/C16H22FN3O2/c1-20(2)13(11-7-3-4-8-12(11)17)14(21)19-16(15(18)22)9-5-6-10-16/h3-4,7-8,13H,5-6,9-10H2,1-2H3,(H2,18,22)(H,19,21)/t13-/m1/s1. The minimum Gasteiger partial charge on any atom is -0.368 e. The summed E-state index contributed by atoms with van der Waals surface area (Å²) in [7, 11) is 3.39. The zero-order valence-electron chi connectivity index (χ0n) is 12.9. The molecule has 2 amide bonds. The number of likely N-dealkylation sites (N-methyl/N-ethyl adjacent to an activating group) is 1. The normalized spacial score (nSPS) is 18.2. The number of primary amides is 1. The van der Waals surface area contributed by atoms with E-state index in [4.69, 9.17) is 5.73 Å². The van der Waals surface area contributed by atoms with Crippen LogP contribution < -0.4 is 11.1 Å². The monoisotopic (exact) mass is 307 g/mol. The second-order valence-electron chi connectivity index (χ2n) is 6.03. The molecule has 1 atom stereocenters. The Bertz CT molecular complexity index is 568. The fraction of sp³-hybridized carbons (Fsp3) is 0.500. The lowest BCUT2D eigenvalue weighted by Crippen LogP contribution is -2.57. The highest BCUT2D eigenvalue weighted by atomic mass is 19.1. The first-order chi connectivity index (χ1) is 10.4. The molecule has 0 unspecified atom stereocenters. The van der Waals surface area contributed by atoms with Crippen molar-refractivity contribution in [3.8, 4) is 0 Å². The van der Waals surface area contributed by atoms with Crippen LogP contribution >= 0.6 is 0 Å². The molecule has 0 aliphatic heterocycles. The Morgan fingerprint density at radius 1 is 1.27 bits per heavy atom. The summed E-state index contributed by atoms with van der Waals surface area (Å²) >= 11 is 0. The second-order valence-corrected chi connectivity index (χ2v) is 6.03. The SMILES string of the molecule is CN(C)[C@@H](C(=O)NC1(C(N)=O)CCCC1)c1ccccc1F. The molecule has 6 heteroatoms. The number of benzene rings is 1. The first-order valence-corrected chi connectivity index (χ1v) is 7.40. The number of nitrogens with one attached hydrogen (secondary N) is 1. The van der Waals surface area contributed by atoms with E-state index in [2.05, 4.69) is 5.32 Å². The van der Waals surface area contributed by atoms with Crippen LogP contribution in [0.1, 0.15) is 37.3 Å². The van der Waals surface area contributed by atoms with Gasteiger partial charge in [0.2, 0.25) is 11.8 Å². The van der Waals surface area contributed by atoms with Crippen molar-refractivity contribution in [2.24, 2.45) is 5.73 Å². The minimum absolute atomic E-state index is 0.280. The summed E-state index contributed by atoms with van der Waals surface area (Å²) in [6, 6.07) is 5.34. The summed E-state index contributed by atoms with van der Waals surface area (Å²) in [5.74, 6) is -1.38. The van der Waals surface area contributed by atoms with Crippen LogP contribution in [0.5, 0.6) is 0 Å². The van der Waals surface area contributed by atoms with Crippen LogP contribution in [0.4, 0.5) is 4.39 Å². The number of rotatable bonds is 5. The zero-order valence-corrected chi connectivity index (χ0v) is 12.9. The Balaban J connectivity index is 2.28. The molecule has 1 saturated carbocycles. The number of nitrogens with two attached hydrogens (primary N) is 1. The lowest BCUT2D eigenvalue weighted by atomic mass is 9.95. The lowest BCUT2D eigenvalue weighted by Gasteiger charge is -2.31. The van der Waals surface area contributed by atoms with Gasteiger partial charge in [-0.25, -0.2) is 4.39 Å². The minimum atomic E-state index is -1.00. The highest BCUT2D eigenvalue weighted by Gasteiger charge is 2.42. The van der Waals surface area contributed by atoms with Gasteiger partial charge in [0.1, 0.15) is 17.4 Å². The smallest absolute Gasteiger partial charge is 0.243 e. The van der Waals surface area contributed by atoms with Gasteiger partial charge in [-0.05, 0) is 33.0 Å². The van der Waals surface area contributed by atoms with Crippen molar-refractivity contribution in [2.75, 3.05) is 14.1 Å². The van der Waals surface area contributed by atoms with Crippen molar-refractivity contribution in [1.29, 1.82) is 0 Å². The summed E-state index contributed by atoms with van der Waals surface area (Å²) in [4.78, 5) is 26.1. The van der Waals surface area contributed by atoms with E-state index in [9.17, 15) is 14.0 Å². The molecule has 1 aliphatic rings. The molecule has 0 heterocycles. The molecule has 0 spiro atoms. The van der Waals surface area contributed by atoms with Crippen LogP contribution in [0, 0.1) is 5.82 Å². The Hall–Kier alpha value is -1.95. The third-order valence-electron chi connectivity index (χ3n) is 4.26. The van der Waals surface area contributed by atoms with E-state index in [0.717, 1.165) is 12.8 Å². The van der Waals surface area contributed by atoms with Gasteiger partial charge in [-0.3, -0.25) is 14.5 Å². The molecule has 1 aliphatic carbocycles. The predicted molar refractivity (Wildman–Crippen MR) is 81.4 cm³/mol. The lowest BCUT2D eigenvalue weighted by molar-refractivity contribution is -0.134. The third kappa shape index (κ3) is 3.11. The van der Waals surface area contributed by atoms with Gasteiger partial charge in [-0.1, -0.05) is 31.0 Å². The number of hydrogen-bond acceptors (Lipinski definition) is 3. The van der Waals surface area contributed by atoms with Crippen molar-refractivity contribution in [1.82, 2.24) is 10.2 Å². The zero-order chi connectivity index (χ0) is 16.3. The highest BCUT2D eigenvalue weighted by molar-refractivity contribution is 5.92. The summed E-state index contributed by atoms with van der Waals surface area (Å²) in [5, 5.41) is 2.78. The van der Waals surface area contributed by atoms with Crippen LogP contribution in [0.25, 0.3) is 0 Å². The van der Waals surface area contributed by atoms with Gasteiger partial charge in [-0.15, -0.1) is 0 Å². The molecule has 5 nitrogen and oxygen atoms in total. The first-order valence-electron chi connectivity index (χ1n) is 7.40. The van der Waals surface area contributed by atoms with E-state index in [0.29, 0.717) is 12.8 Å². The highest BCUT2D eigenvalue weighted by Crippen LogP contribution is 2.31. The van der Waals surface area contributed by atoms with E-state index in [1.807, 2.05) is 0 Å². The largest absolute Gasteiger partial charge is 0.368 e. The van der Waals surface area contributed by atoms with E-state index in [-0.39, 0.29) is 5.56 Å². The molecular weight excluding hydrogens is 285 g/mol. The Labute approximate surface area is 129 Å². The van der Waals surface area contributed by atoms with E-state index < -0.39 is 29.2 Å². The topological polar surface area (TPSA) is 75.4 Å². The number of amides is 2. The van der Waals surface area contributed by atoms with E-state index in [1.54, 1.807) is 37.2 Å². The summed E-state index contributed by atoms with van der Waals surface area (Å²) in [6.07, 6.45) is 2.75. The third-order valence-corrected chi connectivity index (χ3v) is 4.26. The summed E-state index contributed by atoms with van der Waals surface area (Å²) < 4.78 is 14.0. The molecule has 3 N–H and O–H groups in total. The molecule has 120 valence electrons. The molecule has 1 aromatic rings. The molecule has 0 saturated heterocycles. The molecule has 0 aromatic heterocycles. The van der Waals surface area contributed by atoms with Gasteiger partial charge in [0.25, 0.3) is 0 Å². The molecule has 22 heavy (non-hydrogen) atoms. The molecule has 0 radical (unpaired) electrons. The molecule has 2 rings (SSSR count). The van der Waals surface area contributed by atoms with Crippen LogP contribution in [-0.4, -0.2) is 36.3 Å². The van der Waals surface area contributed by atoms with Gasteiger partial charge in [-0.2, -0.15) is 0 Å². The van der Waals surface area contributed by atoms with Crippen molar-refractivity contribution >= 4 is 11.8 Å². The maximum absolute atomic E-state index is 14.0. The van der Waals surface area contributed by atoms with Crippen LogP contribution in [0.15, 0.2) is 24.3 Å². The molecule has 1 fully saturated rings. The van der Waals surface area contributed by atoms with E-state index >= 15 is 0 Å². The maximum Gasteiger partial charge on any atom is 0.243 e. The molecule has 0 bridgehead atoms. The Morgan fingerprint density at radius 3 is 2.36 bits per heavy atom. The van der Waals surface area contributed by atoms with Crippen molar-refractivity contribution in [2.45, 2.75) is 37.3 Å². The average molecular weight is 307 g/mol. The fourth-order valence-corrected chi connectivity index (χ4v) is 3.07. The van der Waals surface area contributed by atoms with Crippen LogP contribution in [0.2, 0.25) is 0 Å². The molecular formula is C16H22FN3O2. The van der Waals surface area contributed by atoms with Gasteiger partial charge in [0.05, 0.1) is 0 Å². The number of carbonyl (C=O) groups excluding carboxylic acids is 2. The van der Waals surface area contributed by atoms with Gasteiger partial charge in [0.15, 0.2) is 0 Å². The Kier molecular flexibility index (Phi) is 4.81. The maximum atomic E-state index is 14.0. The van der Waals surface area contributed by atoms with Crippen molar-refractivity contribution < 1.29 is 14.0 Å². The second kappa shape index (κ2) is 6.44. The quantitative estimate of drug-likeness (QED) is 0.862. The number of hydrogen-bond donors (Lipinski definition) is 2. The number of nitrogens with zero attached hydrogens (tertiary/aromatic N) is 1. The van der Waals surface area contributed by atoms with Crippen LogP contribution in [-0.2, 0) is 9.59 Å². The predicted octanol–water partition coefficient (Wildman–Crippen LogP) is 1.34. The van der Waals surface area contributed by atoms with Gasteiger partial charge in [0, 0.05) is 5.56 Å². The van der Waals surface area contributed by atoms with Crippen molar-refractivity contribution in [3.63, 3.8) is 0 Å². The number of halogens is 1. The van der Waals surface area contributed by atoms with Gasteiger partial charge >= 0.3 is 0 Å². The summed E-state index contributed by atoms with van der Waals surface area (Å²) in [6.45, 7) is 0. The first kappa shape index (κ1) is 16.4. The number of carbonyl (C=O) groups is 2. The molecule has 1 aromatic carbocycles. The van der Waals surface area contributed by atoms with Gasteiger partial charge < -0.3 is 11.1 Å². The van der Waals surface area contributed by atoms with E-state index in [1.165, 1.54) is 6.07 Å². The fourth-order valence-electron chi connectivity index (χ4n) is 3.07. The Morgan fingerprint density at radius 2 is 1.86 bits per heavy atom. The van der Waals surface area contributed by atoms with Crippen molar-refractivity contribution in [3.05, 3.63) is 35.6 Å². The van der Waals surface area contributed by atoms with Crippen LogP contribution in [0.3, 0.4) is 0 Å². The average Bonchev–Trinajstić information content (AvgIpc) is 2.90. The summed E-state index contributed by atoms with van der Waals surface area (Å²) in [5.41, 5.74) is 4.76.